The number of amides is 1. The van der Waals surface area contributed by atoms with Gasteiger partial charge < -0.3 is 20.3 Å². The Hall–Kier alpha value is -3.61. The van der Waals surface area contributed by atoms with E-state index >= 15 is 0 Å². The highest BCUT2D eigenvalue weighted by Crippen LogP contribution is 2.50. The van der Waals surface area contributed by atoms with Crippen LogP contribution < -0.4 is 10.5 Å². The van der Waals surface area contributed by atoms with Gasteiger partial charge in [-0.1, -0.05) is 24.2 Å². The second kappa shape index (κ2) is 12.9. The quantitative estimate of drug-likeness (QED) is 0.304. The van der Waals surface area contributed by atoms with E-state index in [1.807, 2.05) is 0 Å². The summed E-state index contributed by atoms with van der Waals surface area (Å²) in [6.07, 6.45) is 2.13. The standard InChI is InChI=1S/C29H34ClF4N7O2/c1-18(36-16-22(30)15-35)39-7-4-19(5-8-39)24-12-20(24)6-11-43-23-3-2-21(25(31)14-23)13-27(42)40-9-10-41-26(17-40)37-28(38-41)29(32,33)34/h2-3,14-16,19-20,24H,1,4-13,17,35H2/b22-15+,36-16?/t20-,24-/m1/s1. The molecule has 0 spiro atoms. The highest BCUT2D eigenvalue weighted by atomic mass is 35.5. The molecule has 0 bridgehead atoms. The van der Waals surface area contributed by atoms with E-state index in [9.17, 15) is 22.4 Å². The number of hydrogen-bond donors (Lipinski definition) is 1. The van der Waals surface area contributed by atoms with E-state index in [4.69, 9.17) is 22.1 Å². The third kappa shape index (κ3) is 7.67. The molecule has 2 fully saturated rings. The first kappa shape index (κ1) is 30.8. The SMILES string of the molecule is C=C(N=C/C(Cl)=C\N)N1CCC([C@H]2C[C@H]2CCOc2ccc(CC(=O)N3CCn4nc(C(F)(F)F)nc4C3)c(F)c2)CC1. The van der Waals surface area contributed by atoms with Crippen LogP contribution in [0.25, 0.3) is 0 Å². The molecule has 1 saturated heterocycles. The number of fused-ring (bicyclic) bond motifs is 1. The molecule has 3 heterocycles. The number of hydrogen-bond acceptors (Lipinski definition) is 7. The van der Waals surface area contributed by atoms with Crippen molar-refractivity contribution < 1.29 is 27.1 Å². The lowest BCUT2D eigenvalue weighted by molar-refractivity contribution is -0.145. The van der Waals surface area contributed by atoms with E-state index in [2.05, 4.69) is 26.6 Å². The van der Waals surface area contributed by atoms with Gasteiger partial charge in [0.2, 0.25) is 5.91 Å². The fraction of sp³-hybridized carbons (Fsp3) is 0.517. The summed E-state index contributed by atoms with van der Waals surface area (Å²) in [6, 6.07) is 4.43. The number of rotatable bonds is 10. The molecule has 1 saturated carbocycles. The molecule has 1 amide bonds. The Morgan fingerprint density at radius 1 is 1.21 bits per heavy atom. The van der Waals surface area contributed by atoms with Gasteiger partial charge in [-0.05, 0) is 55.1 Å². The Morgan fingerprint density at radius 3 is 2.67 bits per heavy atom. The minimum Gasteiger partial charge on any atom is -0.493 e. The van der Waals surface area contributed by atoms with Crippen molar-refractivity contribution >= 4 is 23.7 Å². The molecular weight excluding hydrogens is 590 g/mol. The van der Waals surface area contributed by atoms with Crippen LogP contribution in [0.5, 0.6) is 5.75 Å². The average molecular weight is 624 g/mol. The Morgan fingerprint density at radius 2 is 1.98 bits per heavy atom. The number of carbonyl (C=O) groups is 1. The predicted octanol–water partition coefficient (Wildman–Crippen LogP) is 4.72. The van der Waals surface area contributed by atoms with Crippen molar-refractivity contribution in [3.63, 3.8) is 0 Å². The summed E-state index contributed by atoms with van der Waals surface area (Å²) in [7, 11) is 0. The predicted molar refractivity (Wildman–Crippen MR) is 152 cm³/mol. The number of carbonyl (C=O) groups excluding carboxylic acids is 1. The molecule has 232 valence electrons. The Bertz CT molecular complexity index is 1400. The van der Waals surface area contributed by atoms with Crippen LogP contribution in [0.2, 0.25) is 0 Å². The molecule has 1 aliphatic carbocycles. The van der Waals surface area contributed by atoms with E-state index < -0.39 is 23.7 Å². The number of allylic oxidation sites excluding steroid dienone is 1. The number of piperidine rings is 1. The molecule has 3 aliphatic rings. The van der Waals surface area contributed by atoms with E-state index in [1.54, 1.807) is 6.07 Å². The van der Waals surface area contributed by atoms with Gasteiger partial charge in [-0.2, -0.15) is 13.2 Å². The number of aliphatic imine (C=N–C) groups is 1. The van der Waals surface area contributed by atoms with Crippen LogP contribution in [0.4, 0.5) is 17.6 Å². The zero-order valence-electron chi connectivity index (χ0n) is 23.6. The van der Waals surface area contributed by atoms with Crippen LogP contribution in [0, 0.1) is 23.6 Å². The first-order valence-electron chi connectivity index (χ1n) is 14.3. The van der Waals surface area contributed by atoms with Gasteiger partial charge in [-0.3, -0.25) is 4.79 Å². The number of nitrogens with two attached hydrogens (primary N) is 1. The number of ether oxygens (including phenoxy) is 1. The number of halogens is 5. The molecule has 2 aromatic rings. The fourth-order valence-corrected chi connectivity index (χ4v) is 5.91. The second-order valence-electron chi connectivity index (χ2n) is 11.2. The van der Waals surface area contributed by atoms with Crippen LogP contribution in [-0.2, 0) is 30.5 Å². The van der Waals surface area contributed by atoms with Crippen molar-refractivity contribution in [1.82, 2.24) is 24.6 Å². The molecule has 1 aromatic heterocycles. The summed E-state index contributed by atoms with van der Waals surface area (Å²) in [4.78, 5) is 24.1. The molecule has 9 nitrogen and oxygen atoms in total. The van der Waals surface area contributed by atoms with Gasteiger partial charge in [-0.15, -0.1) is 5.10 Å². The normalized spacial score (nSPS) is 21.3. The molecule has 5 rings (SSSR count). The summed E-state index contributed by atoms with van der Waals surface area (Å²) in [5.74, 6) is 0.866. The van der Waals surface area contributed by atoms with Crippen LogP contribution in [0.1, 0.15) is 42.9 Å². The van der Waals surface area contributed by atoms with Crippen molar-refractivity contribution in [1.29, 1.82) is 0 Å². The molecule has 0 radical (unpaired) electrons. The topological polar surface area (TPSA) is 102 Å². The number of benzene rings is 1. The van der Waals surface area contributed by atoms with Gasteiger partial charge in [0.25, 0.3) is 5.82 Å². The fourth-order valence-electron chi connectivity index (χ4n) is 5.86. The minimum absolute atomic E-state index is 0.0535. The smallest absolute Gasteiger partial charge is 0.453 e. The molecule has 0 unspecified atom stereocenters. The van der Waals surface area contributed by atoms with Crippen LogP contribution in [0.15, 0.2) is 46.8 Å². The van der Waals surface area contributed by atoms with Gasteiger partial charge in [0.05, 0.1) is 31.1 Å². The maximum absolute atomic E-state index is 14.8. The summed E-state index contributed by atoms with van der Waals surface area (Å²) in [5, 5.41) is 3.83. The summed E-state index contributed by atoms with van der Waals surface area (Å²) >= 11 is 5.86. The number of nitrogens with zero attached hydrogens (tertiary/aromatic N) is 6. The molecule has 1 aromatic carbocycles. The number of aromatic nitrogens is 3. The first-order valence-corrected chi connectivity index (χ1v) is 14.6. The third-order valence-corrected chi connectivity index (χ3v) is 8.60. The van der Waals surface area contributed by atoms with Crippen molar-refractivity contribution in [3.05, 3.63) is 64.9 Å². The molecular formula is C29H34ClF4N7O2. The summed E-state index contributed by atoms with van der Waals surface area (Å²) in [5.41, 5.74) is 5.55. The lowest BCUT2D eigenvalue weighted by Gasteiger charge is -2.33. The van der Waals surface area contributed by atoms with Crippen molar-refractivity contribution in [2.24, 2.45) is 28.5 Å². The van der Waals surface area contributed by atoms with Gasteiger partial charge in [-0.25, -0.2) is 19.0 Å². The highest BCUT2D eigenvalue weighted by molar-refractivity contribution is 6.39. The van der Waals surface area contributed by atoms with Crippen molar-refractivity contribution in [2.45, 2.75) is 51.4 Å². The van der Waals surface area contributed by atoms with Crippen LogP contribution in [0.3, 0.4) is 0 Å². The number of alkyl halides is 3. The van der Waals surface area contributed by atoms with Gasteiger partial charge in [0.15, 0.2) is 0 Å². The monoisotopic (exact) mass is 623 g/mol. The van der Waals surface area contributed by atoms with E-state index in [0.717, 1.165) is 37.0 Å². The largest absolute Gasteiger partial charge is 0.493 e. The van der Waals surface area contributed by atoms with Gasteiger partial charge in [0, 0.05) is 38.1 Å². The Kier molecular flexibility index (Phi) is 9.28. The zero-order chi connectivity index (χ0) is 30.7. The maximum Gasteiger partial charge on any atom is 0.453 e. The highest BCUT2D eigenvalue weighted by Gasteiger charge is 2.43. The molecule has 2 N–H and O–H groups in total. The zero-order valence-corrected chi connectivity index (χ0v) is 24.3. The summed E-state index contributed by atoms with van der Waals surface area (Å²) < 4.78 is 60.5. The molecule has 43 heavy (non-hydrogen) atoms. The average Bonchev–Trinajstić information content (AvgIpc) is 3.62. The Labute approximate surface area is 252 Å². The summed E-state index contributed by atoms with van der Waals surface area (Å²) in [6.45, 7) is 6.45. The molecule has 14 heteroatoms. The van der Waals surface area contributed by atoms with Gasteiger partial charge >= 0.3 is 6.18 Å². The van der Waals surface area contributed by atoms with E-state index in [-0.39, 0.29) is 37.4 Å². The second-order valence-corrected chi connectivity index (χ2v) is 11.6. The lowest BCUT2D eigenvalue weighted by atomic mass is 9.90. The van der Waals surface area contributed by atoms with Crippen LogP contribution in [-0.4, -0.2) is 62.9 Å². The van der Waals surface area contributed by atoms with Crippen LogP contribution >= 0.6 is 11.6 Å². The van der Waals surface area contributed by atoms with Crippen molar-refractivity contribution in [3.8, 4) is 5.75 Å². The van der Waals surface area contributed by atoms with E-state index in [0.29, 0.717) is 41.0 Å². The van der Waals surface area contributed by atoms with Crippen molar-refractivity contribution in [2.75, 3.05) is 26.2 Å². The maximum atomic E-state index is 14.8. The van der Waals surface area contributed by atoms with E-state index in [1.165, 1.54) is 35.9 Å². The Balaban J connectivity index is 1.03. The molecule has 2 aliphatic heterocycles. The molecule has 2 atom stereocenters. The lowest BCUT2D eigenvalue weighted by Crippen LogP contribution is -2.39. The number of likely N-dealkylation sites (tertiary alicyclic amines) is 1. The third-order valence-electron chi connectivity index (χ3n) is 8.38. The minimum atomic E-state index is -4.66. The van der Waals surface area contributed by atoms with Gasteiger partial charge in [0.1, 0.15) is 23.2 Å². The first-order chi connectivity index (χ1) is 20.5.